The van der Waals surface area contributed by atoms with Crippen molar-refractivity contribution in [1.29, 1.82) is 0 Å². The Bertz CT molecular complexity index is 1280. The summed E-state index contributed by atoms with van der Waals surface area (Å²) in [6.07, 6.45) is 13.3. The Balaban J connectivity index is 0.00000216. The first kappa shape index (κ1) is 28.9. The van der Waals surface area contributed by atoms with Gasteiger partial charge in [-0.1, -0.05) is 48.4 Å². The fourth-order valence-electron chi connectivity index (χ4n) is 4.53. The number of hydrogen-bond acceptors (Lipinski definition) is 2. The van der Waals surface area contributed by atoms with Gasteiger partial charge in [0.25, 0.3) is 5.91 Å². The van der Waals surface area contributed by atoms with E-state index in [1.54, 1.807) is 0 Å². The second kappa shape index (κ2) is 12.6. The number of aryl methyl sites for hydroxylation is 1. The van der Waals surface area contributed by atoms with E-state index in [-0.39, 0.29) is 44.4 Å². The summed E-state index contributed by atoms with van der Waals surface area (Å²) in [5.74, 6) is 0.680. The summed E-state index contributed by atoms with van der Waals surface area (Å²) in [4.78, 5) is 17.7. The molecule has 1 fully saturated rings. The number of imidazole rings is 1. The largest absolute Gasteiger partial charge is 2.00 e. The van der Waals surface area contributed by atoms with Gasteiger partial charge in [-0.3, -0.25) is 10.9 Å². The molecular formula is C30H35N3OU. The SMILES string of the molecule is C[C-]=C/C=C(\C(C)=C/C)c1ccccc1-c1nc2cc(C(=O)NC3CC(C)C3)ccn2c1C.[CH3-].[U+2]. The number of nitrogens with one attached hydrogen (secondary N) is 1. The molecule has 5 heteroatoms. The number of fused-ring (bicyclic) bond motifs is 1. The number of benzene rings is 1. The summed E-state index contributed by atoms with van der Waals surface area (Å²) in [6, 6.07) is 12.4. The van der Waals surface area contributed by atoms with Gasteiger partial charge < -0.3 is 17.1 Å². The number of allylic oxidation sites excluding steroid dienone is 6. The van der Waals surface area contributed by atoms with E-state index in [9.17, 15) is 4.79 Å². The molecule has 1 aliphatic carbocycles. The van der Waals surface area contributed by atoms with Crippen LogP contribution < -0.4 is 5.32 Å². The van der Waals surface area contributed by atoms with Gasteiger partial charge in [-0.2, -0.15) is 0 Å². The molecule has 2 aromatic heterocycles. The molecule has 0 unspecified atom stereocenters. The average molecular weight is 692 g/mol. The third kappa shape index (κ3) is 6.08. The third-order valence-electron chi connectivity index (χ3n) is 6.58. The van der Waals surface area contributed by atoms with Crippen LogP contribution >= 0.6 is 0 Å². The number of rotatable bonds is 6. The van der Waals surface area contributed by atoms with Crippen molar-refractivity contribution < 1.29 is 35.9 Å². The molecule has 0 saturated heterocycles. The smallest absolute Gasteiger partial charge is 0.358 e. The summed E-state index contributed by atoms with van der Waals surface area (Å²) in [6.45, 7) is 10.4. The van der Waals surface area contributed by atoms with Crippen molar-refractivity contribution in [1.82, 2.24) is 14.7 Å². The zero-order chi connectivity index (χ0) is 23.5. The predicted molar refractivity (Wildman–Crippen MR) is 142 cm³/mol. The number of nitrogens with zero attached hydrogens (tertiary/aromatic N) is 2. The second-order valence-corrected chi connectivity index (χ2v) is 8.99. The van der Waals surface area contributed by atoms with Crippen LogP contribution in [-0.2, 0) is 0 Å². The molecule has 1 aliphatic rings. The van der Waals surface area contributed by atoms with Gasteiger partial charge in [-0.25, -0.2) is 17.1 Å². The van der Waals surface area contributed by atoms with Crippen LogP contribution in [0, 0.1) is 57.5 Å². The van der Waals surface area contributed by atoms with Crippen LogP contribution in [0.2, 0.25) is 0 Å². The maximum absolute atomic E-state index is 12.7. The molecule has 0 aliphatic heterocycles. The van der Waals surface area contributed by atoms with Crippen molar-refractivity contribution in [2.75, 3.05) is 0 Å². The van der Waals surface area contributed by atoms with Gasteiger partial charge >= 0.3 is 31.1 Å². The van der Waals surface area contributed by atoms with Gasteiger partial charge in [0.2, 0.25) is 0 Å². The number of amides is 1. The maximum Gasteiger partial charge on any atom is 2.00 e. The summed E-state index contributed by atoms with van der Waals surface area (Å²) >= 11 is 0. The van der Waals surface area contributed by atoms with Gasteiger partial charge in [0.1, 0.15) is 5.65 Å². The van der Waals surface area contributed by atoms with E-state index in [1.165, 1.54) is 5.57 Å². The first-order valence-corrected chi connectivity index (χ1v) is 11.7. The molecule has 35 heavy (non-hydrogen) atoms. The Hall–Kier alpha value is -2.35. The van der Waals surface area contributed by atoms with Gasteiger partial charge in [-0.05, 0) is 57.2 Å². The molecule has 0 atom stereocenters. The molecule has 0 bridgehead atoms. The minimum absolute atomic E-state index is 0. The number of carbonyl (C=O) groups excluding carboxylic acids is 1. The molecule has 3 aromatic rings. The minimum Gasteiger partial charge on any atom is -0.358 e. The van der Waals surface area contributed by atoms with Gasteiger partial charge in [0.05, 0.1) is 5.69 Å². The van der Waals surface area contributed by atoms with Crippen LogP contribution in [0.1, 0.15) is 62.2 Å². The van der Waals surface area contributed by atoms with E-state index in [4.69, 9.17) is 4.98 Å². The zero-order valence-corrected chi connectivity index (χ0v) is 25.8. The van der Waals surface area contributed by atoms with Crippen LogP contribution in [0.15, 0.2) is 66.4 Å². The van der Waals surface area contributed by atoms with Crippen LogP contribution in [0.3, 0.4) is 0 Å². The first-order chi connectivity index (χ1) is 15.9. The number of carbonyl (C=O) groups is 1. The Morgan fingerprint density at radius 1 is 1.23 bits per heavy atom. The fourth-order valence-corrected chi connectivity index (χ4v) is 4.53. The molecule has 1 saturated carbocycles. The molecule has 1 amide bonds. The van der Waals surface area contributed by atoms with E-state index in [0.717, 1.165) is 46.6 Å². The third-order valence-corrected chi connectivity index (χ3v) is 6.58. The number of hydrogen-bond donors (Lipinski definition) is 1. The van der Waals surface area contributed by atoms with E-state index in [2.05, 4.69) is 73.8 Å². The van der Waals surface area contributed by atoms with Crippen LogP contribution in [-0.4, -0.2) is 21.3 Å². The van der Waals surface area contributed by atoms with E-state index in [1.807, 2.05) is 37.4 Å². The number of aromatic nitrogens is 2. The van der Waals surface area contributed by atoms with Crippen LogP contribution in [0.5, 0.6) is 0 Å². The maximum atomic E-state index is 12.7. The Morgan fingerprint density at radius 2 is 1.94 bits per heavy atom. The molecule has 1 aromatic carbocycles. The van der Waals surface area contributed by atoms with Gasteiger partial charge in [-0.15, -0.1) is 6.92 Å². The first-order valence-electron chi connectivity index (χ1n) is 11.7. The van der Waals surface area contributed by atoms with E-state index >= 15 is 0 Å². The fraction of sp³-hybridized carbons (Fsp3) is 0.300. The molecule has 1 N–H and O–H groups in total. The topological polar surface area (TPSA) is 46.4 Å². The zero-order valence-electron chi connectivity index (χ0n) is 21.6. The quantitative estimate of drug-likeness (QED) is 0.223. The summed E-state index contributed by atoms with van der Waals surface area (Å²) in [5.41, 5.74) is 7.95. The van der Waals surface area contributed by atoms with Crippen molar-refractivity contribution in [3.63, 3.8) is 0 Å². The standard InChI is InChI=1S/C29H32N3O.CH3.U/c1-6-8-11-24(20(4)7-2)25-12-9-10-13-26(25)28-21(5)32-15-14-22(18-27(32)31-28)29(33)30-23-16-19(3)17-23;;/h7-15,18-19,23H,16-17H2,1-5H3,(H,30,33);1H3;/q2*-1;+2/b20-7-,24-11+;;. The molecule has 0 radical (unpaired) electrons. The normalized spacial score (nSPS) is 18.1. The van der Waals surface area contributed by atoms with Crippen molar-refractivity contribution in [3.05, 3.63) is 96.7 Å². The van der Waals surface area contributed by atoms with Crippen molar-refractivity contribution in [2.45, 2.75) is 53.5 Å². The summed E-state index contributed by atoms with van der Waals surface area (Å²) in [5, 5.41) is 3.14. The van der Waals surface area contributed by atoms with E-state index in [0.29, 0.717) is 17.5 Å². The Morgan fingerprint density at radius 3 is 2.60 bits per heavy atom. The van der Waals surface area contributed by atoms with Crippen LogP contribution in [0.25, 0.3) is 22.5 Å². The van der Waals surface area contributed by atoms with Crippen molar-refractivity contribution in [3.8, 4) is 11.3 Å². The second-order valence-electron chi connectivity index (χ2n) is 8.99. The molecule has 0 spiro atoms. The monoisotopic (exact) mass is 691 g/mol. The van der Waals surface area contributed by atoms with Crippen LogP contribution in [0.4, 0.5) is 0 Å². The van der Waals surface area contributed by atoms with Gasteiger partial charge in [0, 0.05) is 29.1 Å². The Kier molecular flexibility index (Phi) is 10.4. The molecule has 4 rings (SSSR count). The average Bonchev–Trinajstić information content (AvgIpc) is 3.14. The van der Waals surface area contributed by atoms with E-state index < -0.39 is 0 Å². The molecule has 2 heterocycles. The Labute approximate surface area is 234 Å². The predicted octanol–water partition coefficient (Wildman–Crippen LogP) is 7.02. The van der Waals surface area contributed by atoms with Crippen molar-refractivity contribution in [2.24, 2.45) is 5.92 Å². The molecule has 180 valence electrons. The summed E-state index contributed by atoms with van der Waals surface area (Å²) in [7, 11) is 0. The minimum atomic E-state index is -0.0199. The number of pyridine rings is 1. The molecule has 4 nitrogen and oxygen atoms in total. The summed E-state index contributed by atoms with van der Waals surface area (Å²) < 4.78 is 2.06. The van der Waals surface area contributed by atoms with Gasteiger partial charge in [0.15, 0.2) is 0 Å². The van der Waals surface area contributed by atoms with Crippen molar-refractivity contribution >= 4 is 17.1 Å². The molecular weight excluding hydrogens is 656 g/mol.